The molecule has 2 aromatic rings. The molecule has 18 heavy (non-hydrogen) atoms. The maximum atomic E-state index is 11.3. The standard InChI is InChI=1S/C15H15NOS/c1-10-5-3-4-6-15(10)18-12-7-8-13(11(2)17)14(16)9-12/h3-9H,16H2,1-2H3. The first-order valence-corrected chi connectivity index (χ1v) is 6.53. The van der Waals surface area contributed by atoms with Crippen molar-refractivity contribution in [1.29, 1.82) is 0 Å². The van der Waals surface area contributed by atoms with Gasteiger partial charge in [-0.2, -0.15) is 0 Å². The predicted molar refractivity (Wildman–Crippen MR) is 76.2 cm³/mol. The van der Waals surface area contributed by atoms with E-state index in [1.165, 1.54) is 17.4 Å². The number of nitrogens with two attached hydrogens (primary N) is 1. The van der Waals surface area contributed by atoms with E-state index in [9.17, 15) is 4.79 Å². The minimum atomic E-state index is -0.0000540. The van der Waals surface area contributed by atoms with Gasteiger partial charge in [0.05, 0.1) is 0 Å². The molecular weight excluding hydrogens is 242 g/mol. The Bertz CT molecular complexity index is 593. The molecule has 0 aliphatic heterocycles. The van der Waals surface area contributed by atoms with Crippen LogP contribution < -0.4 is 5.73 Å². The van der Waals surface area contributed by atoms with Gasteiger partial charge in [0, 0.05) is 21.0 Å². The quantitative estimate of drug-likeness (QED) is 0.669. The molecule has 0 radical (unpaired) electrons. The zero-order chi connectivity index (χ0) is 13.1. The summed E-state index contributed by atoms with van der Waals surface area (Å²) in [5.41, 5.74) is 8.24. The van der Waals surface area contributed by atoms with Crippen molar-refractivity contribution in [1.82, 2.24) is 0 Å². The fourth-order valence-electron chi connectivity index (χ4n) is 1.72. The number of hydrogen-bond donors (Lipinski definition) is 1. The summed E-state index contributed by atoms with van der Waals surface area (Å²) in [6.45, 7) is 3.61. The predicted octanol–water partition coefficient (Wildman–Crippen LogP) is 3.93. The Labute approximate surface area is 111 Å². The van der Waals surface area contributed by atoms with E-state index < -0.39 is 0 Å². The van der Waals surface area contributed by atoms with Gasteiger partial charge in [0.25, 0.3) is 0 Å². The van der Waals surface area contributed by atoms with Gasteiger partial charge in [0.2, 0.25) is 0 Å². The molecule has 0 saturated heterocycles. The van der Waals surface area contributed by atoms with Crippen molar-refractivity contribution in [2.75, 3.05) is 5.73 Å². The summed E-state index contributed by atoms with van der Waals surface area (Å²) in [6.07, 6.45) is 0. The van der Waals surface area contributed by atoms with Gasteiger partial charge < -0.3 is 5.73 Å². The van der Waals surface area contributed by atoms with Crippen LogP contribution in [0.4, 0.5) is 5.69 Å². The Hall–Kier alpha value is -1.74. The van der Waals surface area contributed by atoms with Crippen LogP contribution in [0.25, 0.3) is 0 Å². The molecular formula is C15H15NOS. The lowest BCUT2D eigenvalue weighted by atomic mass is 10.1. The lowest BCUT2D eigenvalue weighted by Crippen LogP contribution is -1.99. The second kappa shape index (κ2) is 5.27. The highest BCUT2D eigenvalue weighted by molar-refractivity contribution is 7.99. The SMILES string of the molecule is CC(=O)c1ccc(Sc2ccccc2C)cc1N. The highest BCUT2D eigenvalue weighted by atomic mass is 32.2. The van der Waals surface area contributed by atoms with Gasteiger partial charge in [0.15, 0.2) is 5.78 Å². The zero-order valence-corrected chi connectivity index (χ0v) is 11.3. The maximum Gasteiger partial charge on any atom is 0.161 e. The normalized spacial score (nSPS) is 10.3. The number of benzene rings is 2. The number of ketones is 1. The van der Waals surface area contributed by atoms with Gasteiger partial charge in [-0.3, -0.25) is 4.79 Å². The Morgan fingerprint density at radius 1 is 1.17 bits per heavy atom. The van der Waals surface area contributed by atoms with E-state index in [0.717, 1.165) is 4.90 Å². The van der Waals surface area contributed by atoms with Crippen LogP contribution in [0, 0.1) is 6.92 Å². The van der Waals surface area contributed by atoms with E-state index in [1.807, 2.05) is 24.3 Å². The van der Waals surface area contributed by atoms with E-state index in [-0.39, 0.29) is 5.78 Å². The largest absolute Gasteiger partial charge is 0.398 e. The van der Waals surface area contributed by atoms with Crippen molar-refractivity contribution in [2.24, 2.45) is 0 Å². The Morgan fingerprint density at radius 2 is 1.89 bits per heavy atom. The second-order valence-electron chi connectivity index (χ2n) is 4.17. The number of carbonyl (C=O) groups is 1. The number of rotatable bonds is 3. The van der Waals surface area contributed by atoms with Gasteiger partial charge in [0.1, 0.15) is 0 Å². The first-order chi connectivity index (χ1) is 8.58. The summed E-state index contributed by atoms with van der Waals surface area (Å²) in [6, 6.07) is 13.8. The summed E-state index contributed by atoms with van der Waals surface area (Å²) in [5.74, 6) is -0.0000540. The maximum absolute atomic E-state index is 11.3. The summed E-state index contributed by atoms with van der Waals surface area (Å²) in [5, 5.41) is 0. The van der Waals surface area contributed by atoms with Crippen molar-refractivity contribution >= 4 is 23.2 Å². The Kier molecular flexibility index (Phi) is 3.72. The number of nitrogen functional groups attached to an aromatic ring is 1. The molecule has 0 atom stereocenters. The molecule has 0 fully saturated rings. The van der Waals surface area contributed by atoms with Gasteiger partial charge >= 0.3 is 0 Å². The molecule has 0 aliphatic carbocycles. The zero-order valence-electron chi connectivity index (χ0n) is 10.4. The number of hydrogen-bond acceptors (Lipinski definition) is 3. The Morgan fingerprint density at radius 3 is 2.50 bits per heavy atom. The molecule has 2 rings (SSSR count). The summed E-state index contributed by atoms with van der Waals surface area (Å²) in [4.78, 5) is 13.6. The van der Waals surface area contributed by atoms with E-state index in [2.05, 4.69) is 19.1 Å². The summed E-state index contributed by atoms with van der Waals surface area (Å²) < 4.78 is 0. The topological polar surface area (TPSA) is 43.1 Å². The van der Waals surface area contributed by atoms with Crippen LogP contribution in [0.2, 0.25) is 0 Å². The van der Waals surface area contributed by atoms with Gasteiger partial charge in [-0.1, -0.05) is 30.0 Å². The molecule has 2 aromatic carbocycles. The molecule has 0 bridgehead atoms. The molecule has 0 spiro atoms. The van der Waals surface area contributed by atoms with Crippen LogP contribution in [0.3, 0.4) is 0 Å². The smallest absolute Gasteiger partial charge is 0.161 e. The summed E-state index contributed by atoms with van der Waals surface area (Å²) in [7, 11) is 0. The molecule has 0 aliphatic rings. The third kappa shape index (κ3) is 2.74. The number of aryl methyl sites for hydroxylation is 1. The second-order valence-corrected chi connectivity index (χ2v) is 5.29. The molecule has 0 aromatic heterocycles. The first kappa shape index (κ1) is 12.7. The van der Waals surface area contributed by atoms with Crippen molar-refractivity contribution in [2.45, 2.75) is 23.6 Å². The number of carbonyl (C=O) groups excluding carboxylic acids is 1. The highest BCUT2D eigenvalue weighted by Crippen LogP contribution is 2.32. The van der Waals surface area contributed by atoms with Crippen LogP contribution in [-0.4, -0.2) is 5.78 Å². The minimum absolute atomic E-state index is 0.0000540. The fraction of sp³-hybridized carbons (Fsp3) is 0.133. The van der Waals surface area contributed by atoms with Crippen LogP contribution in [0.5, 0.6) is 0 Å². The van der Waals surface area contributed by atoms with Crippen LogP contribution in [0.1, 0.15) is 22.8 Å². The molecule has 3 heteroatoms. The fourth-order valence-corrected chi connectivity index (χ4v) is 2.67. The van der Waals surface area contributed by atoms with Crippen molar-refractivity contribution in [3.63, 3.8) is 0 Å². The Balaban J connectivity index is 2.29. The average Bonchev–Trinajstić information content (AvgIpc) is 2.32. The molecule has 0 unspecified atom stereocenters. The third-order valence-electron chi connectivity index (χ3n) is 2.72. The van der Waals surface area contributed by atoms with E-state index in [0.29, 0.717) is 11.3 Å². The molecule has 0 amide bonds. The minimum Gasteiger partial charge on any atom is -0.398 e. The van der Waals surface area contributed by atoms with E-state index >= 15 is 0 Å². The summed E-state index contributed by atoms with van der Waals surface area (Å²) >= 11 is 1.66. The van der Waals surface area contributed by atoms with Crippen molar-refractivity contribution in [3.05, 3.63) is 53.6 Å². The van der Waals surface area contributed by atoms with E-state index in [4.69, 9.17) is 5.73 Å². The average molecular weight is 257 g/mol. The third-order valence-corrected chi connectivity index (χ3v) is 3.89. The van der Waals surface area contributed by atoms with Crippen LogP contribution in [0.15, 0.2) is 52.3 Å². The van der Waals surface area contributed by atoms with Gasteiger partial charge in [-0.05, 0) is 43.7 Å². The van der Waals surface area contributed by atoms with Crippen LogP contribution >= 0.6 is 11.8 Å². The van der Waals surface area contributed by atoms with Crippen molar-refractivity contribution in [3.8, 4) is 0 Å². The lowest BCUT2D eigenvalue weighted by Gasteiger charge is -2.07. The molecule has 92 valence electrons. The highest BCUT2D eigenvalue weighted by Gasteiger charge is 2.06. The first-order valence-electron chi connectivity index (χ1n) is 5.72. The lowest BCUT2D eigenvalue weighted by molar-refractivity contribution is 0.101. The number of anilines is 1. The number of Topliss-reactive ketones (excluding diaryl/α,β-unsaturated/α-hetero) is 1. The van der Waals surface area contributed by atoms with Crippen molar-refractivity contribution < 1.29 is 4.79 Å². The molecule has 2 nitrogen and oxygen atoms in total. The van der Waals surface area contributed by atoms with Gasteiger partial charge in [-0.15, -0.1) is 0 Å². The molecule has 0 heterocycles. The molecule has 0 saturated carbocycles. The van der Waals surface area contributed by atoms with Crippen LogP contribution in [-0.2, 0) is 0 Å². The molecule has 2 N–H and O–H groups in total. The van der Waals surface area contributed by atoms with Gasteiger partial charge in [-0.25, -0.2) is 0 Å². The van der Waals surface area contributed by atoms with E-state index in [1.54, 1.807) is 17.8 Å². The monoisotopic (exact) mass is 257 g/mol.